The molecule has 2 atom stereocenters. The number of anilines is 1. The molecule has 136 valence electrons. The fourth-order valence-corrected chi connectivity index (χ4v) is 4.31. The third-order valence-electron chi connectivity index (χ3n) is 4.53. The number of hydrogen-bond donors (Lipinski definition) is 0. The number of aldehydes is 1. The maximum atomic E-state index is 15.3. The quantitative estimate of drug-likeness (QED) is 0.648. The van der Waals surface area contributed by atoms with Gasteiger partial charge >= 0.3 is 0 Å². The zero-order valence-corrected chi connectivity index (χ0v) is 15.5. The molecule has 8 heteroatoms. The number of benzene rings is 1. The van der Waals surface area contributed by atoms with Gasteiger partial charge in [-0.25, -0.2) is 9.37 Å². The molecular formula is C18H18FN3O3S. The van der Waals surface area contributed by atoms with Gasteiger partial charge in [0, 0.05) is 18.7 Å². The summed E-state index contributed by atoms with van der Waals surface area (Å²) in [5.74, 6) is -0.563. The molecule has 1 aliphatic rings. The van der Waals surface area contributed by atoms with E-state index in [4.69, 9.17) is 9.26 Å². The van der Waals surface area contributed by atoms with Crippen LogP contribution in [0.4, 0.5) is 10.1 Å². The summed E-state index contributed by atoms with van der Waals surface area (Å²) >= 11 is 1.40. The summed E-state index contributed by atoms with van der Waals surface area (Å²) in [6.45, 7) is 6.72. The molecule has 0 N–H and O–H groups in total. The number of nitrogens with zero attached hydrogens (tertiary/aromatic N) is 3. The first-order chi connectivity index (χ1) is 12.5. The molecule has 2 unspecified atom stereocenters. The highest BCUT2D eigenvalue weighted by molar-refractivity contribution is 7.13. The molecule has 0 saturated carbocycles. The monoisotopic (exact) mass is 375 g/mol. The molecule has 6 nitrogen and oxygen atoms in total. The first kappa shape index (κ1) is 17.1. The predicted molar refractivity (Wildman–Crippen MR) is 97.4 cm³/mol. The number of aromatic nitrogens is 2. The van der Waals surface area contributed by atoms with Crippen molar-refractivity contribution in [3.8, 4) is 10.6 Å². The van der Waals surface area contributed by atoms with Crippen molar-refractivity contribution in [2.45, 2.75) is 33.0 Å². The molecule has 1 saturated heterocycles. The summed E-state index contributed by atoms with van der Waals surface area (Å²) in [6, 6.07) is 1.65. The van der Waals surface area contributed by atoms with Gasteiger partial charge in [-0.05, 0) is 26.8 Å². The SMILES string of the molecule is Cc1ncsc1-c1noc2c(F)c(N3CC(C)OC(C)C3)c(C=O)cc12. The lowest BCUT2D eigenvalue weighted by atomic mass is 10.0. The van der Waals surface area contributed by atoms with Crippen LogP contribution in [0.1, 0.15) is 29.9 Å². The number of carbonyl (C=O) groups is 1. The van der Waals surface area contributed by atoms with E-state index in [0.29, 0.717) is 30.5 Å². The first-order valence-electron chi connectivity index (χ1n) is 8.37. The molecule has 0 bridgehead atoms. The van der Waals surface area contributed by atoms with Crippen LogP contribution in [-0.2, 0) is 4.74 Å². The van der Waals surface area contributed by atoms with E-state index in [1.165, 1.54) is 11.3 Å². The lowest BCUT2D eigenvalue weighted by molar-refractivity contribution is -0.00543. The lowest BCUT2D eigenvalue weighted by Crippen LogP contribution is -2.46. The minimum atomic E-state index is -0.563. The number of thiazole rings is 1. The molecule has 1 fully saturated rings. The molecule has 3 heterocycles. The van der Waals surface area contributed by atoms with Gasteiger partial charge in [-0.15, -0.1) is 11.3 Å². The second kappa shape index (κ2) is 6.44. The summed E-state index contributed by atoms with van der Waals surface area (Å²) in [7, 11) is 0. The molecule has 3 aromatic rings. The normalized spacial score (nSPS) is 20.7. The van der Waals surface area contributed by atoms with Crippen molar-refractivity contribution in [1.82, 2.24) is 10.1 Å². The van der Waals surface area contributed by atoms with Crippen molar-refractivity contribution < 1.29 is 18.4 Å². The van der Waals surface area contributed by atoms with Crippen LogP contribution >= 0.6 is 11.3 Å². The molecule has 4 rings (SSSR count). The highest BCUT2D eigenvalue weighted by atomic mass is 32.1. The van der Waals surface area contributed by atoms with E-state index in [-0.39, 0.29) is 29.0 Å². The van der Waals surface area contributed by atoms with Crippen molar-refractivity contribution in [2.24, 2.45) is 0 Å². The van der Waals surface area contributed by atoms with Gasteiger partial charge in [0.25, 0.3) is 0 Å². The Morgan fingerprint density at radius 1 is 1.35 bits per heavy atom. The molecule has 2 aromatic heterocycles. The Morgan fingerprint density at radius 3 is 2.69 bits per heavy atom. The van der Waals surface area contributed by atoms with Crippen LogP contribution in [0.5, 0.6) is 0 Å². The van der Waals surface area contributed by atoms with Crippen LogP contribution in [0.25, 0.3) is 21.5 Å². The molecule has 1 aromatic carbocycles. The number of aryl methyl sites for hydroxylation is 1. The minimum absolute atomic E-state index is 0.0557. The van der Waals surface area contributed by atoms with Gasteiger partial charge in [0.2, 0.25) is 5.58 Å². The number of halogens is 1. The van der Waals surface area contributed by atoms with Gasteiger partial charge < -0.3 is 14.2 Å². The Balaban J connectivity index is 1.89. The smallest absolute Gasteiger partial charge is 0.205 e. The van der Waals surface area contributed by atoms with E-state index in [2.05, 4.69) is 10.1 Å². The van der Waals surface area contributed by atoms with Crippen LogP contribution in [0, 0.1) is 12.7 Å². The van der Waals surface area contributed by atoms with Crippen molar-refractivity contribution in [1.29, 1.82) is 0 Å². The van der Waals surface area contributed by atoms with Gasteiger partial charge in [0.15, 0.2) is 12.1 Å². The van der Waals surface area contributed by atoms with Gasteiger partial charge in [0.05, 0.1) is 39.4 Å². The average molecular weight is 375 g/mol. The first-order valence-corrected chi connectivity index (χ1v) is 9.25. The summed E-state index contributed by atoms with van der Waals surface area (Å²) in [5.41, 5.74) is 3.59. The van der Waals surface area contributed by atoms with Gasteiger partial charge in [0.1, 0.15) is 5.69 Å². The molecule has 0 radical (unpaired) electrons. The highest BCUT2D eigenvalue weighted by Gasteiger charge is 2.29. The van der Waals surface area contributed by atoms with E-state index in [0.717, 1.165) is 10.6 Å². The van der Waals surface area contributed by atoms with Crippen LogP contribution < -0.4 is 4.90 Å². The predicted octanol–water partition coefficient (Wildman–Crippen LogP) is 3.82. The third-order valence-corrected chi connectivity index (χ3v) is 5.47. The maximum Gasteiger partial charge on any atom is 0.205 e. The Kier molecular flexibility index (Phi) is 4.24. The van der Waals surface area contributed by atoms with Crippen LogP contribution in [0.15, 0.2) is 16.1 Å². The van der Waals surface area contributed by atoms with Crippen molar-refractivity contribution in [3.63, 3.8) is 0 Å². The molecule has 26 heavy (non-hydrogen) atoms. The van der Waals surface area contributed by atoms with Crippen LogP contribution in [0.3, 0.4) is 0 Å². The average Bonchev–Trinajstić information content (AvgIpc) is 3.19. The Morgan fingerprint density at radius 2 is 2.08 bits per heavy atom. The van der Waals surface area contributed by atoms with E-state index in [9.17, 15) is 4.79 Å². The minimum Gasteiger partial charge on any atom is -0.372 e. The van der Waals surface area contributed by atoms with E-state index in [1.54, 1.807) is 11.6 Å². The number of carbonyl (C=O) groups excluding carboxylic acids is 1. The Labute approximate surface area is 153 Å². The van der Waals surface area contributed by atoms with Gasteiger partial charge in [-0.1, -0.05) is 5.16 Å². The Hall–Kier alpha value is -2.32. The van der Waals surface area contributed by atoms with Crippen LogP contribution in [-0.4, -0.2) is 41.7 Å². The third kappa shape index (κ3) is 2.69. The number of hydrogen-bond acceptors (Lipinski definition) is 7. The summed E-state index contributed by atoms with van der Waals surface area (Å²) in [5, 5.41) is 4.53. The summed E-state index contributed by atoms with van der Waals surface area (Å²) < 4.78 is 26.4. The molecular weight excluding hydrogens is 357 g/mol. The largest absolute Gasteiger partial charge is 0.372 e. The van der Waals surface area contributed by atoms with Gasteiger partial charge in [-0.2, -0.15) is 0 Å². The lowest BCUT2D eigenvalue weighted by Gasteiger charge is -2.37. The van der Waals surface area contributed by atoms with Crippen molar-refractivity contribution in [3.05, 3.63) is 28.7 Å². The molecule has 1 aliphatic heterocycles. The molecule has 0 aliphatic carbocycles. The molecule has 0 spiro atoms. The second-order valence-corrected chi connectivity index (χ2v) is 7.44. The topological polar surface area (TPSA) is 68.5 Å². The Bertz CT molecular complexity index is 974. The van der Waals surface area contributed by atoms with Crippen LogP contribution in [0.2, 0.25) is 0 Å². The molecule has 0 amide bonds. The summed E-state index contributed by atoms with van der Waals surface area (Å²) in [6.07, 6.45) is 0.566. The number of ether oxygens (including phenoxy) is 1. The van der Waals surface area contributed by atoms with Gasteiger partial charge in [-0.3, -0.25) is 4.79 Å². The van der Waals surface area contributed by atoms with Crippen molar-refractivity contribution >= 4 is 34.3 Å². The highest BCUT2D eigenvalue weighted by Crippen LogP contribution is 2.38. The standard InChI is InChI=1S/C18H18FN3O3S/c1-9-5-22(6-10(2)24-9)16-12(7-23)4-13-15(18-11(3)20-8-26-18)21-25-17(13)14(16)19/h4,7-10H,5-6H2,1-3H3. The summed E-state index contributed by atoms with van der Waals surface area (Å²) in [4.78, 5) is 18.6. The zero-order valence-electron chi connectivity index (χ0n) is 14.7. The maximum absolute atomic E-state index is 15.3. The number of fused-ring (bicyclic) bond motifs is 1. The van der Waals surface area contributed by atoms with E-state index < -0.39 is 5.82 Å². The number of rotatable bonds is 3. The fraction of sp³-hybridized carbons (Fsp3) is 0.389. The number of morpholine rings is 1. The zero-order chi connectivity index (χ0) is 18.4. The van der Waals surface area contributed by atoms with E-state index in [1.807, 2.05) is 25.7 Å². The van der Waals surface area contributed by atoms with Crippen molar-refractivity contribution in [2.75, 3.05) is 18.0 Å². The fourth-order valence-electron chi connectivity index (χ4n) is 3.51. The van der Waals surface area contributed by atoms with E-state index >= 15 is 4.39 Å². The second-order valence-electron chi connectivity index (χ2n) is 6.58.